The minimum Gasteiger partial charge on any atom is -0.474 e. The van der Waals surface area contributed by atoms with Crippen LogP contribution in [0.15, 0.2) is 24.8 Å². The maximum Gasteiger partial charge on any atom is 0.226 e. The molecule has 1 fully saturated rings. The Morgan fingerprint density at radius 3 is 2.78 bits per heavy atom. The van der Waals surface area contributed by atoms with Crippen LogP contribution in [0.3, 0.4) is 0 Å². The molecule has 0 saturated heterocycles. The zero-order valence-corrected chi connectivity index (χ0v) is 14.2. The number of ether oxygens (including phenoxy) is 1. The van der Waals surface area contributed by atoms with Crippen molar-refractivity contribution in [2.45, 2.75) is 37.8 Å². The van der Waals surface area contributed by atoms with Gasteiger partial charge in [0.05, 0.1) is 5.39 Å². The van der Waals surface area contributed by atoms with Gasteiger partial charge in [-0.15, -0.1) is 11.3 Å². The molecule has 0 radical (unpaired) electrons. The second kappa shape index (κ2) is 6.02. The first-order valence-electron chi connectivity index (χ1n) is 8.02. The molecule has 0 aromatic carbocycles. The summed E-state index contributed by atoms with van der Waals surface area (Å²) in [7, 11) is 4.31. The molecule has 1 aliphatic rings. The van der Waals surface area contributed by atoms with Crippen molar-refractivity contribution in [2.75, 3.05) is 14.1 Å². The fourth-order valence-electron chi connectivity index (χ4n) is 3.35. The number of fused-ring (bicyclic) bond motifs is 3. The molecule has 23 heavy (non-hydrogen) atoms. The van der Waals surface area contributed by atoms with E-state index in [9.17, 15) is 0 Å². The summed E-state index contributed by atoms with van der Waals surface area (Å²) >= 11 is 1.66. The first kappa shape index (κ1) is 14.8. The van der Waals surface area contributed by atoms with E-state index >= 15 is 0 Å². The third kappa shape index (κ3) is 2.77. The number of thiophene rings is 1. The molecule has 3 aromatic rings. The fraction of sp³-hybridized carbons (Fsp3) is 0.471. The summed E-state index contributed by atoms with van der Waals surface area (Å²) in [6.45, 7) is 0. The predicted octanol–water partition coefficient (Wildman–Crippen LogP) is 3.49. The third-order valence-electron chi connectivity index (χ3n) is 4.69. The molecule has 6 heteroatoms. The smallest absolute Gasteiger partial charge is 0.226 e. The third-order valence-corrected chi connectivity index (χ3v) is 5.77. The Hall–Kier alpha value is -1.79. The van der Waals surface area contributed by atoms with Crippen LogP contribution in [0.1, 0.15) is 25.7 Å². The Kier molecular flexibility index (Phi) is 3.87. The Labute approximate surface area is 139 Å². The molecule has 3 heterocycles. The van der Waals surface area contributed by atoms with E-state index in [1.807, 2.05) is 18.5 Å². The first-order valence-corrected chi connectivity index (χ1v) is 8.84. The second-order valence-corrected chi connectivity index (χ2v) is 7.38. The van der Waals surface area contributed by atoms with Crippen LogP contribution in [0.2, 0.25) is 0 Å². The first-order chi connectivity index (χ1) is 11.2. The molecule has 0 amide bonds. The Bertz CT molecular complexity index is 824. The molecule has 4 rings (SSSR count). The largest absolute Gasteiger partial charge is 0.474 e. The maximum atomic E-state index is 6.27. The van der Waals surface area contributed by atoms with Gasteiger partial charge in [-0.05, 0) is 45.8 Å². The molecule has 0 bridgehead atoms. The highest BCUT2D eigenvalue weighted by atomic mass is 32.1. The average Bonchev–Trinajstić information content (AvgIpc) is 2.95. The number of rotatable bonds is 3. The molecule has 0 atom stereocenters. The zero-order chi connectivity index (χ0) is 15.8. The summed E-state index contributed by atoms with van der Waals surface area (Å²) in [5.41, 5.74) is 0. The van der Waals surface area contributed by atoms with E-state index in [-0.39, 0.29) is 6.10 Å². The molecule has 3 aromatic heterocycles. The second-order valence-electron chi connectivity index (χ2n) is 6.34. The van der Waals surface area contributed by atoms with Gasteiger partial charge in [0.1, 0.15) is 17.3 Å². The number of hydrogen-bond acceptors (Lipinski definition) is 6. The van der Waals surface area contributed by atoms with E-state index in [4.69, 9.17) is 4.74 Å². The van der Waals surface area contributed by atoms with Gasteiger partial charge < -0.3 is 9.64 Å². The van der Waals surface area contributed by atoms with E-state index in [1.54, 1.807) is 17.7 Å². The minimum atomic E-state index is 0.246. The Balaban J connectivity index is 1.62. The summed E-state index contributed by atoms with van der Waals surface area (Å²) in [5, 5.41) is 2.10. The normalized spacial score (nSPS) is 22.0. The lowest BCUT2D eigenvalue weighted by Crippen LogP contribution is -2.35. The SMILES string of the molecule is CN(C)[C@H]1CC[C@H](Oc2ncnc3sc4ccncc4c23)CC1. The van der Waals surface area contributed by atoms with Gasteiger partial charge in [-0.2, -0.15) is 0 Å². The predicted molar refractivity (Wildman–Crippen MR) is 93.1 cm³/mol. The van der Waals surface area contributed by atoms with E-state index in [0.29, 0.717) is 11.9 Å². The van der Waals surface area contributed by atoms with Crippen molar-refractivity contribution in [1.29, 1.82) is 0 Å². The van der Waals surface area contributed by atoms with Crippen LogP contribution in [0, 0.1) is 0 Å². The van der Waals surface area contributed by atoms with Crippen LogP contribution in [-0.4, -0.2) is 46.1 Å². The van der Waals surface area contributed by atoms with Gasteiger partial charge in [-0.25, -0.2) is 9.97 Å². The standard InChI is InChI=1S/C17H20N4OS/c1-21(2)11-3-5-12(6-4-11)22-16-15-13-9-18-8-7-14(13)23-17(15)20-10-19-16/h7-12H,3-6H2,1-2H3/t11-,12-. The number of aromatic nitrogens is 3. The monoisotopic (exact) mass is 328 g/mol. The molecular weight excluding hydrogens is 308 g/mol. The van der Waals surface area contributed by atoms with Crippen molar-refractivity contribution < 1.29 is 4.74 Å². The molecular formula is C17H20N4OS. The molecule has 5 nitrogen and oxygen atoms in total. The highest BCUT2D eigenvalue weighted by Gasteiger charge is 2.25. The molecule has 0 aliphatic heterocycles. The lowest BCUT2D eigenvalue weighted by molar-refractivity contribution is 0.108. The maximum absolute atomic E-state index is 6.27. The van der Waals surface area contributed by atoms with Crippen molar-refractivity contribution in [3.8, 4) is 5.88 Å². The van der Waals surface area contributed by atoms with Crippen LogP contribution in [0.4, 0.5) is 0 Å². The van der Waals surface area contributed by atoms with Crippen LogP contribution in [0.25, 0.3) is 20.3 Å². The Morgan fingerprint density at radius 2 is 2.00 bits per heavy atom. The van der Waals surface area contributed by atoms with Gasteiger partial charge >= 0.3 is 0 Å². The van der Waals surface area contributed by atoms with Crippen LogP contribution >= 0.6 is 11.3 Å². The summed E-state index contributed by atoms with van der Waals surface area (Å²) in [5.74, 6) is 0.711. The van der Waals surface area contributed by atoms with Crippen molar-refractivity contribution in [3.05, 3.63) is 24.8 Å². The van der Waals surface area contributed by atoms with Crippen LogP contribution in [-0.2, 0) is 0 Å². The van der Waals surface area contributed by atoms with Crippen molar-refractivity contribution >= 4 is 31.6 Å². The average molecular weight is 328 g/mol. The van der Waals surface area contributed by atoms with Gasteiger partial charge in [-0.3, -0.25) is 4.98 Å². The van der Waals surface area contributed by atoms with Crippen molar-refractivity contribution in [2.24, 2.45) is 0 Å². The van der Waals surface area contributed by atoms with Crippen molar-refractivity contribution in [1.82, 2.24) is 19.9 Å². The summed E-state index contributed by atoms with van der Waals surface area (Å²) < 4.78 is 7.45. The molecule has 1 saturated carbocycles. The quantitative estimate of drug-likeness (QED) is 0.736. The molecule has 0 unspecified atom stereocenters. The van der Waals surface area contributed by atoms with Gasteiger partial charge in [0, 0.05) is 28.5 Å². The molecule has 0 spiro atoms. The van der Waals surface area contributed by atoms with Crippen LogP contribution in [0.5, 0.6) is 5.88 Å². The molecule has 120 valence electrons. The van der Waals surface area contributed by atoms with Gasteiger partial charge in [0.2, 0.25) is 5.88 Å². The number of pyridine rings is 1. The summed E-state index contributed by atoms with van der Waals surface area (Å²) in [4.78, 5) is 16.3. The molecule has 0 N–H and O–H groups in total. The summed E-state index contributed by atoms with van der Waals surface area (Å²) in [6.07, 6.45) is 10.1. The number of hydrogen-bond donors (Lipinski definition) is 0. The van der Waals surface area contributed by atoms with E-state index in [2.05, 4.69) is 33.9 Å². The van der Waals surface area contributed by atoms with Gasteiger partial charge in [-0.1, -0.05) is 0 Å². The minimum absolute atomic E-state index is 0.246. The highest BCUT2D eigenvalue weighted by Crippen LogP contribution is 2.37. The zero-order valence-electron chi connectivity index (χ0n) is 13.4. The van der Waals surface area contributed by atoms with E-state index in [0.717, 1.165) is 28.4 Å². The fourth-order valence-corrected chi connectivity index (χ4v) is 4.35. The lowest BCUT2D eigenvalue weighted by Gasteiger charge is -2.32. The molecule has 1 aliphatic carbocycles. The van der Waals surface area contributed by atoms with E-state index in [1.165, 1.54) is 17.5 Å². The summed E-state index contributed by atoms with van der Waals surface area (Å²) in [6, 6.07) is 2.69. The van der Waals surface area contributed by atoms with Crippen molar-refractivity contribution in [3.63, 3.8) is 0 Å². The number of nitrogens with zero attached hydrogens (tertiary/aromatic N) is 4. The van der Waals surface area contributed by atoms with Gasteiger partial charge in [0.25, 0.3) is 0 Å². The van der Waals surface area contributed by atoms with Crippen LogP contribution < -0.4 is 4.74 Å². The lowest BCUT2D eigenvalue weighted by atomic mass is 9.92. The Morgan fingerprint density at radius 1 is 1.17 bits per heavy atom. The topological polar surface area (TPSA) is 51.1 Å². The highest BCUT2D eigenvalue weighted by molar-refractivity contribution is 7.25. The van der Waals surface area contributed by atoms with E-state index < -0.39 is 0 Å². The van der Waals surface area contributed by atoms with Gasteiger partial charge in [0.15, 0.2) is 0 Å².